The first kappa shape index (κ1) is 11.1. The Bertz CT molecular complexity index is 410. The van der Waals surface area contributed by atoms with Gasteiger partial charge in [-0.15, -0.1) is 0 Å². The SMILES string of the molecule is CCC1(N)CN(C(=O)c2ncccc2C)C1. The van der Waals surface area contributed by atoms with E-state index in [4.69, 9.17) is 5.73 Å². The second-order valence-corrected chi connectivity index (χ2v) is 4.55. The van der Waals surface area contributed by atoms with Crippen molar-refractivity contribution >= 4 is 5.91 Å². The van der Waals surface area contributed by atoms with Crippen LogP contribution in [0.3, 0.4) is 0 Å². The number of rotatable bonds is 2. The van der Waals surface area contributed by atoms with Gasteiger partial charge in [0.1, 0.15) is 5.69 Å². The number of hydrogen-bond donors (Lipinski definition) is 1. The summed E-state index contributed by atoms with van der Waals surface area (Å²) in [4.78, 5) is 17.9. The molecule has 1 aliphatic heterocycles. The predicted molar refractivity (Wildman–Crippen MR) is 62.1 cm³/mol. The van der Waals surface area contributed by atoms with Gasteiger partial charge in [-0.3, -0.25) is 9.78 Å². The molecule has 0 aromatic carbocycles. The number of amides is 1. The molecular weight excluding hydrogens is 202 g/mol. The fourth-order valence-corrected chi connectivity index (χ4v) is 1.94. The number of aromatic nitrogens is 1. The van der Waals surface area contributed by atoms with Gasteiger partial charge in [-0.1, -0.05) is 13.0 Å². The highest BCUT2D eigenvalue weighted by Crippen LogP contribution is 2.23. The Labute approximate surface area is 95.5 Å². The quantitative estimate of drug-likeness (QED) is 0.805. The zero-order valence-electron chi connectivity index (χ0n) is 9.73. The Balaban J connectivity index is 2.09. The van der Waals surface area contributed by atoms with E-state index in [1.807, 2.05) is 26.0 Å². The van der Waals surface area contributed by atoms with Gasteiger partial charge in [0.05, 0.1) is 5.54 Å². The fraction of sp³-hybridized carbons (Fsp3) is 0.500. The molecule has 0 unspecified atom stereocenters. The minimum Gasteiger partial charge on any atom is -0.333 e. The summed E-state index contributed by atoms with van der Waals surface area (Å²) in [5.74, 6) is -0.00683. The molecule has 16 heavy (non-hydrogen) atoms. The number of aryl methyl sites for hydroxylation is 1. The molecule has 1 saturated heterocycles. The Morgan fingerprint density at radius 1 is 1.62 bits per heavy atom. The maximum atomic E-state index is 12.1. The number of nitrogens with zero attached hydrogens (tertiary/aromatic N) is 2. The molecule has 2 heterocycles. The van der Waals surface area contributed by atoms with E-state index in [9.17, 15) is 4.79 Å². The lowest BCUT2D eigenvalue weighted by Crippen LogP contribution is -2.68. The molecule has 0 atom stereocenters. The van der Waals surface area contributed by atoms with Crippen molar-refractivity contribution in [2.75, 3.05) is 13.1 Å². The first-order chi connectivity index (χ1) is 7.56. The third kappa shape index (κ3) is 1.80. The normalized spacial score (nSPS) is 18.1. The minimum atomic E-state index is -0.182. The van der Waals surface area contributed by atoms with Crippen LogP contribution in [0.5, 0.6) is 0 Å². The van der Waals surface area contributed by atoms with Gasteiger partial charge in [-0.25, -0.2) is 0 Å². The first-order valence-electron chi connectivity index (χ1n) is 5.55. The van der Waals surface area contributed by atoms with Gasteiger partial charge in [0.25, 0.3) is 5.91 Å². The van der Waals surface area contributed by atoms with Crippen LogP contribution in [0.15, 0.2) is 18.3 Å². The van der Waals surface area contributed by atoms with Crippen LogP contribution in [-0.4, -0.2) is 34.4 Å². The zero-order chi connectivity index (χ0) is 11.8. The third-order valence-electron chi connectivity index (χ3n) is 3.21. The number of hydrogen-bond acceptors (Lipinski definition) is 3. The van der Waals surface area contributed by atoms with Crippen LogP contribution in [0.1, 0.15) is 29.4 Å². The summed E-state index contributed by atoms with van der Waals surface area (Å²) in [6.45, 7) is 5.22. The maximum absolute atomic E-state index is 12.1. The summed E-state index contributed by atoms with van der Waals surface area (Å²) >= 11 is 0. The van der Waals surface area contributed by atoms with E-state index >= 15 is 0 Å². The van der Waals surface area contributed by atoms with Gasteiger partial charge in [0.15, 0.2) is 0 Å². The molecule has 1 aromatic heterocycles. The van der Waals surface area contributed by atoms with Crippen molar-refractivity contribution < 1.29 is 4.79 Å². The molecule has 0 radical (unpaired) electrons. The van der Waals surface area contributed by atoms with Gasteiger partial charge in [-0.05, 0) is 25.0 Å². The van der Waals surface area contributed by atoms with Crippen LogP contribution in [0.2, 0.25) is 0 Å². The van der Waals surface area contributed by atoms with Crippen molar-refractivity contribution in [3.8, 4) is 0 Å². The van der Waals surface area contributed by atoms with Crippen molar-refractivity contribution in [1.29, 1.82) is 0 Å². The molecule has 1 amide bonds. The van der Waals surface area contributed by atoms with Crippen molar-refractivity contribution in [3.05, 3.63) is 29.6 Å². The second kappa shape index (κ2) is 3.87. The summed E-state index contributed by atoms with van der Waals surface area (Å²) in [7, 11) is 0. The molecule has 86 valence electrons. The molecular formula is C12H17N3O. The average molecular weight is 219 g/mol. The van der Waals surface area contributed by atoms with Crippen LogP contribution in [0.4, 0.5) is 0 Å². The number of likely N-dealkylation sites (tertiary alicyclic amines) is 1. The average Bonchev–Trinajstić information content (AvgIpc) is 2.24. The van der Waals surface area contributed by atoms with E-state index in [-0.39, 0.29) is 11.4 Å². The number of pyridine rings is 1. The predicted octanol–water partition coefficient (Wildman–Crippen LogP) is 0.953. The lowest BCUT2D eigenvalue weighted by Gasteiger charge is -2.47. The standard InChI is InChI=1S/C12H17N3O/c1-3-12(13)7-15(8-12)11(16)10-9(2)5-4-6-14-10/h4-6H,3,7-8,13H2,1-2H3. The molecule has 2 N–H and O–H groups in total. The number of nitrogens with two attached hydrogens (primary N) is 1. The summed E-state index contributed by atoms with van der Waals surface area (Å²) in [6.07, 6.45) is 2.55. The third-order valence-corrected chi connectivity index (χ3v) is 3.21. The molecule has 2 rings (SSSR count). The van der Waals surface area contributed by atoms with E-state index in [2.05, 4.69) is 4.98 Å². The van der Waals surface area contributed by atoms with Gasteiger partial charge in [-0.2, -0.15) is 0 Å². The number of carbonyl (C=O) groups excluding carboxylic acids is 1. The molecule has 0 bridgehead atoms. The highest BCUT2D eigenvalue weighted by molar-refractivity contribution is 5.94. The Morgan fingerprint density at radius 3 is 2.88 bits per heavy atom. The largest absolute Gasteiger partial charge is 0.333 e. The minimum absolute atomic E-state index is 0.00683. The van der Waals surface area contributed by atoms with E-state index in [1.165, 1.54) is 0 Å². The van der Waals surface area contributed by atoms with Crippen molar-refractivity contribution in [1.82, 2.24) is 9.88 Å². The highest BCUT2D eigenvalue weighted by Gasteiger charge is 2.41. The van der Waals surface area contributed by atoms with Gasteiger partial charge < -0.3 is 10.6 Å². The van der Waals surface area contributed by atoms with Gasteiger partial charge in [0, 0.05) is 19.3 Å². The van der Waals surface area contributed by atoms with Crippen molar-refractivity contribution in [3.63, 3.8) is 0 Å². The van der Waals surface area contributed by atoms with E-state index < -0.39 is 0 Å². The second-order valence-electron chi connectivity index (χ2n) is 4.55. The van der Waals surface area contributed by atoms with Crippen LogP contribution in [0, 0.1) is 6.92 Å². The first-order valence-corrected chi connectivity index (χ1v) is 5.55. The van der Waals surface area contributed by atoms with Crippen LogP contribution >= 0.6 is 0 Å². The Kier molecular flexibility index (Phi) is 2.68. The smallest absolute Gasteiger partial charge is 0.272 e. The van der Waals surface area contributed by atoms with Crippen molar-refractivity contribution in [2.45, 2.75) is 25.8 Å². The Morgan fingerprint density at radius 2 is 2.31 bits per heavy atom. The molecule has 4 heteroatoms. The summed E-state index contributed by atoms with van der Waals surface area (Å²) in [5, 5.41) is 0. The summed E-state index contributed by atoms with van der Waals surface area (Å²) in [6, 6.07) is 3.73. The maximum Gasteiger partial charge on any atom is 0.272 e. The molecule has 0 aliphatic carbocycles. The molecule has 1 fully saturated rings. The molecule has 1 aliphatic rings. The van der Waals surface area contributed by atoms with Gasteiger partial charge in [0.2, 0.25) is 0 Å². The monoisotopic (exact) mass is 219 g/mol. The van der Waals surface area contributed by atoms with Crippen LogP contribution in [-0.2, 0) is 0 Å². The highest BCUT2D eigenvalue weighted by atomic mass is 16.2. The van der Waals surface area contributed by atoms with Crippen molar-refractivity contribution in [2.24, 2.45) is 5.73 Å². The van der Waals surface area contributed by atoms with Crippen LogP contribution < -0.4 is 5.73 Å². The van der Waals surface area contributed by atoms with E-state index in [0.29, 0.717) is 18.8 Å². The lowest BCUT2D eigenvalue weighted by molar-refractivity contribution is 0.0395. The van der Waals surface area contributed by atoms with E-state index in [1.54, 1.807) is 11.1 Å². The van der Waals surface area contributed by atoms with Crippen LogP contribution in [0.25, 0.3) is 0 Å². The lowest BCUT2D eigenvalue weighted by atomic mass is 9.88. The zero-order valence-corrected chi connectivity index (χ0v) is 9.73. The fourth-order valence-electron chi connectivity index (χ4n) is 1.94. The molecule has 0 spiro atoms. The Hall–Kier alpha value is -1.42. The molecule has 4 nitrogen and oxygen atoms in total. The van der Waals surface area contributed by atoms with Gasteiger partial charge >= 0.3 is 0 Å². The topological polar surface area (TPSA) is 59.2 Å². The summed E-state index contributed by atoms with van der Waals surface area (Å²) in [5.41, 5.74) is 7.31. The number of carbonyl (C=O) groups is 1. The van der Waals surface area contributed by atoms with E-state index in [0.717, 1.165) is 12.0 Å². The molecule has 0 saturated carbocycles. The summed E-state index contributed by atoms with van der Waals surface area (Å²) < 4.78 is 0. The molecule has 1 aromatic rings.